The van der Waals surface area contributed by atoms with Gasteiger partial charge in [-0.1, -0.05) is 0 Å². The molecule has 0 aromatic rings. The normalized spacial score (nSPS) is 24.9. The van der Waals surface area contributed by atoms with E-state index in [0.717, 1.165) is 0 Å². The summed E-state index contributed by atoms with van der Waals surface area (Å²) in [4.78, 5) is 11.6. The molecule has 100 valence electrons. The van der Waals surface area contributed by atoms with E-state index in [1.807, 2.05) is 0 Å². The van der Waals surface area contributed by atoms with Crippen LogP contribution in [0, 0.1) is 5.92 Å². The molecule has 1 aliphatic rings. The van der Waals surface area contributed by atoms with Crippen LogP contribution < -0.4 is 10.6 Å². The number of hydrogen-bond acceptors (Lipinski definition) is 4. The van der Waals surface area contributed by atoms with Gasteiger partial charge in [0.15, 0.2) is 0 Å². The fourth-order valence-electron chi connectivity index (χ4n) is 1.57. The van der Waals surface area contributed by atoms with Crippen LogP contribution in [0.5, 0.6) is 0 Å². The van der Waals surface area contributed by atoms with Crippen LogP contribution in [0.15, 0.2) is 0 Å². The van der Waals surface area contributed by atoms with Gasteiger partial charge in [0, 0.05) is 18.3 Å². The number of carbonyl (C=O) groups is 1. The number of amides is 1. The lowest BCUT2D eigenvalue weighted by Crippen LogP contribution is -2.43. The number of hydrogen-bond donors (Lipinski definition) is 2. The molecule has 8 heteroatoms. The van der Waals surface area contributed by atoms with Crippen molar-refractivity contribution in [1.82, 2.24) is 10.6 Å². The topological polar surface area (TPSA) is 50.4 Å². The molecule has 0 saturated carbocycles. The predicted molar refractivity (Wildman–Crippen MR) is 58.7 cm³/mol. The number of carbonyl (C=O) groups excluding carboxylic acids is 1. The molecule has 0 spiro atoms. The maximum Gasteiger partial charge on any atom is 0.441 e. The summed E-state index contributed by atoms with van der Waals surface area (Å²) in [7, 11) is 1.72. The van der Waals surface area contributed by atoms with Gasteiger partial charge in [0.2, 0.25) is 5.91 Å². The predicted octanol–water partition coefficient (Wildman–Crippen LogP) is 0.590. The number of alkyl halides is 3. The number of halogens is 3. The Morgan fingerprint density at radius 1 is 1.47 bits per heavy atom. The summed E-state index contributed by atoms with van der Waals surface area (Å²) in [5.41, 5.74) is -4.24. The zero-order chi connectivity index (χ0) is 12.9. The third kappa shape index (κ3) is 5.13. The lowest BCUT2D eigenvalue weighted by molar-refractivity contribution is -0.125. The van der Waals surface area contributed by atoms with Crippen molar-refractivity contribution in [1.29, 1.82) is 0 Å². The van der Waals surface area contributed by atoms with E-state index in [1.165, 1.54) is 0 Å². The zero-order valence-electron chi connectivity index (χ0n) is 9.34. The van der Waals surface area contributed by atoms with Gasteiger partial charge in [-0.3, -0.25) is 4.79 Å². The summed E-state index contributed by atoms with van der Waals surface area (Å²) in [6, 6.07) is -0.0646. The Morgan fingerprint density at radius 3 is 2.76 bits per heavy atom. The lowest BCUT2D eigenvalue weighted by Gasteiger charge is -2.16. The molecule has 1 saturated heterocycles. The van der Waals surface area contributed by atoms with Crippen LogP contribution in [0.25, 0.3) is 0 Å². The third-order valence-corrected chi connectivity index (χ3v) is 3.19. The van der Waals surface area contributed by atoms with E-state index >= 15 is 0 Å². The molecule has 1 rings (SSSR count). The van der Waals surface area contributed by atoms with Crippen molar-refractivity contribution < 1.29 is 22.7 Å². The van der Waals surface area contributed by atoms with Crippen molar-refractivity contribution >= 4 is 17.7 Å². The first-order chi connectivity index (χ1) is 7.94. The van der Waals surface area contributed by atoms with Crippen molar-refractivity contribution in [2.75, 3.05) is 32.6 Å². The Kier molecular flexibility index (Phi) is 5.54. The van der Waals surface area contributed by atoms with Gasteiger partial charge in [0.25, 0.3) is 0 Å². The van der Waals surface area contributed by atoms with E-state index in [9.17, 15) is 18.0 Å². The molecule has 2 atom stereocenters. The summed E-state index contributed by atoms with van der Waals surface area (Å²) in [5.74, 6) is -0.756. The van der Waals surface area contributed by atoms with E-state index in [-0.39, 0.29) is 41.9 Å². The van der Waals surface area contributed by atoms with Crippen LogP contribution in [0.1, 0.15) is 0 Å². The molecule has 1 amide bonds. The number of nitrogens with one attached hydrogen (secondary N) is 2. The molecule has 1 aliphatic heterocycles. The molecule has 2 N–H and O–H groups in total. The van der Waals surface area contributed by atoms with Gasteiger partial charge in [-0.25, -0.2) is 0 Å². The van der Waals surface area contributed by atoms with Gasteiger partial charge < -0.3 is 15.4 Å². The molecule has 4 nitrogen and oxygen atoms in total. The Labute approximate surface area is 102 Å². The van der Waals surface area contributed by atoms with Crippen LogP contribution in [-0.4, -0.2) is 50.0 Å². The maximum absolute atomic E-state index is 11.8. The van der Waals surface area contributed by atoms with Crippen molar-refractivity contribution in [3.63, 3.8) is 0 Å². The Hall–Kier alpha value is -0.470. The molecular weight excluding hydrogens is 257 g/mol. The first kappa shape index (κ1) is 14.6. The second-order valence-corrected chi connectivity index (χ2v) is 4.78. The van der Waals surface area contributed by atoms with Crippen LogP contribution in [0.3, 0.4) is 0 Å². The molecular formula is C9H15F3N2O2S. The van der Waals surface area contributed by atoms with Crippen LogP contribution in [-0.2, 0) is 9.53 Å². The summed E-state index contributed by atoms with van der Waals surface area (Å²) in [6.45, 7) is 0.769. The number of likely N-dealkylation sites (N-methyl/N-ethyl adjacent to an activating group) is 1. The number of ether oxygens (including phenoxy) is 1. The van der Waals surface area contributed by atoms with Gasteiger partial charge in [-0.05, 0) is 18.8 Å². The summed E-state index contributed by atoms with van der Waals surface area (Å²) in [6.07, 6.45) is 0. The molecule has 0 aromatic carbocycles. The van der Waals surface area contributed by atoms with Gasteiger partial charge in [-0.15, -0.1) is 0 Å². The first-order valence-electron chi connectivity index (χ1n) is 5.17. The van der Waals surface area contributed by atoms with Gasteiger partial charge in [-0.2, -0.15) is 13.2 Å². The van der Waals surface area contributed by atoms with Gasteiger partial charge in [0.05, 0.1) is 19.1 Å². The van der Waals surface area contributed by atoms with E-state index in [2.05, 4.69) is 10.6 Å². The van der Waals surface area contributed by atoms with Crippen LogP contribution >= 0.6 is 11.8 Å². The summed E-state index contributed by atoms with van der Waals surface area (Å²) >= 11 is -0.137. The number of rotatable bonds is 5. The standard InChI is InChI=1S/C9H15F3N2O2S/c1-13-7-5-16-4-6(7)8(15)14-2-3-17-9(10,11)12/h6-7,13H,2-5H2,1H3,(H,14,15). The number of thioether (sulfide) groups is 1. The van der Waals surface area contributed by atoms with E-state index < -0.39 is 5.51 Å². The average Bonchev–Trinajstić information content (AvgIpc) is 2.70. The lowest BCUT2D eigenvalue weighted by atomic mass is 10.0. The van der Waals surface area contributed by atoms with E-state index in [0.29, 0.717) is 13.2 Å². The maximum atomic E-state index is 11.8. The summed E-state index contributed by atoms with van der Waals surface area (Å²) in [5, 5.41) is 5.42. The fourth-order valence-corrected chi connectivity index (χ4v) is 2.00. The minimum Gasteiger partial charge on any atom is -0.379 e. The molecule has 1 fully saturated rings. The monoisotopic (exact) mass is 272 g/mol. The minimum atomic E-state index is -4.24. The highest BCUT2D eigenvalue weighted by molar-refractivity contribution is 8.00. The highest BCUT2D eigenvalue weighted by Crippen LogP contribution is 2.29. The van der Waals surface area contributed by atoms with Gasteiger partial charge in [0.1, 0.15) is 0 Å². The second-order valence-electron chi connectivity index (χ2n) is 3.62. The van der Waals surface area contributed by atoms with Crippen molar-refractivity contribution in [2.24, 2.45) is 5.92 Å². The quantitative estimate of drug-likeness (QED) is 0.719. The Balaban J connectivity index is 2.21. The van der Waals surface area contributed by atoms with Crippen LogP contribution in [0.2, 0.25) is 0 Å². The first-order valence-corrected chi connectivity index (χ1v) is 6.16. The second kappa shape index (κ2) is 6.46. The average molecular weight is 272 g/mol. The molecule has 1 heterocycles. The van der Waals surface area contributed by atoms with E-state index in [4.69, 9.17) is 4.74 Å². The molecule has 0 aromatic heterocycles. The van der Waals surface area contributed by atoms with Crippen molar-refractivity contribution in [2.45, 2.75) is 11.6 Å². The van der Waals surface area contributed by atoms with E-state index in [1.54, 1.807) is 7.05 Å². The van der Waals surface area contributed by atoms with Crippen molar-refractivity contribution in [3.05, 3.63) is 0 Å². The van der Waals surface area contributed by atoms with Gasteiger partial charge >= 0.3 is 5.51 Å². The summed E-state index contributed by atoms with van der Waals surface area (Å²) < 4.78 is 40.6. The van der Waals surface area contributed by atoms with Crippen molar-refractivity contribution in [3.8, 4) is 0 Å². The highest BCUT2D eigenvalue weighted by atomic mass is 32.2. The molecule has 17 heavy (non-hydrogen) atoms. The Morgan fingerprint density at radius 2 is 2.18 bits per heavy atom. The molecule has 0 bridgehead atoms. The minimum absolute atomic E-state index is 0.00987. The zero-order valence-corrected chi connectivity index (χ0v) is 10.2. The SMILES string of the molecule is CNC1COCC1C(=O)NCCSC(F)(F)F. The fraction of sp³-hybridized carbons (Fsp3) is 0.889. The Bertz CT molecular complexity index is 263. The third-order valence-electron chi connectivity index (χ3n) is 2.46. The smallest absolute Gasteiger partial charge is 0.379 e. The molecule has 2 unspecified atom stereocenters. The highest BCUT2D eigenvalue weighted by Gasteiger charge is 2.33. The van der Waals surface area contributed by atoms with Crippen LogP contribution in [0.4, 0.5) is 13.2 Å². The molecule has 0 aliphatic carbocycles. The molecule has 0 radical (unpaired) electrons. The largest absolute Gasteiger partial charge is 0.441 e.